The summed E-state index contributed by atoms with van der Waals surface area (Å²) in [6.45, 7) is 13.2. The molecule has 0 bridgehead atoms. The number of benzene rings is 3. The summed E-state index contributed by atoms with van der Waals surface area (Å²) in [5.41, 5.74) is 11.7. The van der Waals surface area contributed by atoms with Gasteiger partial charge in [-0.25, -0.2) is 0 Å². The second-order valence-corrected chi connectivity index (χ2v) is 15.1. The predicted molar refractivity (Wildman–Crippen MR) is 190 cm³/mol. The number of nitrogens with zero attached hydrogens (tertiary/aromatic N) is 3. The molecule has 5 heteroatoms. The summed E-state index contributed by atoms with van der Waals surface area (Å²) in [5, 5.41) is 2.61. The van der Waals surface area contributed by atoms with Crippen molar-refractivity contribution in [3.63, 3.8) is 0 Å². The van der Waals surface area contributed by atoms with Crippen LogP contribution in [0.15, 0.2) is 104 Å². The van der Waals surface area contributed by atoms with E-state index >= 15 is 0 Å². The van der Waals surface area contributed by atoms with Crippen LogP contribution in [0, 0.1) is 38.3 Å². The van der Waals surface area contributed by atoms with Gasteiger partial charge in [-0.15, -0.1) is 29.3 Å². The molecule has 4 aromatic heterocycles. The Kier molecular flexibility index (Phi) is 10.5. The third-order valence-corrected chi connectivity index (χ3v) is 10.3. The van der Waals surface area contributed by atoms with E-state index in [9.17, 15) is 0 Å². The standard InChI is InChI=1S/C25H28N.C16H9N2Se.Ir/c1-17-7-10-22(24-13-18(2)19(3)16-26-24)14-23(17)21-11-8-20(9-12-21)15-25(4,5)6;1-2-7-15-11(5-1)12-10-18-14(9-16(12)19-15)13-6-3-4-8-17-13;/h7-9,11-14,16H,15H2,1-6H3;1-5,7-10H;/q2*-1;. The Morgan fingerprint density at radius 1 is 0.696 bits per heavy atom. The maximum absolute atomic E-state index is 4.60. The van der Waals surface area contributed by atoms with Crippen molar-refractivity contribution in [2.45, 2.75) is 48.0 Å². The van der Waals surface area contributed by atoms with E-state index < -0.39 is 0 Å². The normalized spacial score (nSPS) is 11.2. The van der Waals surface area contributed by atoms with Gasteiger partial charge in [-0.1, -0.05) is 69.2 Å². The van der Waals surface area contributed by atoms with Crippen LogP contribution in [-0.4, -0.2) is 29.5 Å². The molecule has 0 aliphatic heterocycles. The summed E-state index contributed by atoms with van der Waals surface area (Å²) in [4.78, 5) is 13.4. The first-order chi connectivity index (χ1) is 21.6. The molecule has 1 radical (unpaired) electrons. The van der Waals surface area contributed by atoms with Crippen molar-refractivity contribution in [1.82, 2.24) is 15.0 Å². The third-order valence-electron chi connectivity index (χ3n) is 7.92. The number of rotatable bonds is 4. The molecule has 0 unspecified atom stereocenters. The van der Waals surface area contributed by atoms with E-state index in [1.807, 2.05) is 24.5 Å². The average molecular weight is 843 g/mol. The fourth-order valence-electron chi connectivity index (χ4n) is 5.42. The van der Waals surface area contributed by atoms with Crippen LogP contribution in [0.3, 0.4) is 0 Å². The van der Waals surface area contributed by atoms with E-state index in [2.05, 4.69) is 141 Å². The predicted octanol–water partition coefficient (Wildman–Crippen LogP) is 10.0. The second kappa shape index (κ2) is 14.4. The van der Waals surface area contributed by atoms with E-state index in [4.69, 9.17) is 0 Å². The van der Waals surface area contributed by atoms with Crippen LogP contribution in [0.25, 0.3) is 53.1 Å². The number of hydrogen-bond donors (Lipinski definition) is 0. The van der Waals surface area contributed by atoms with Gasteiger partial charge in [-0.3, -0.25) is 0 Å². The molecular weight excluding hydrogens is 806 g/mol. The van der Waals surface area contributed by atoms with Gasteiger partial charge < -0.3 is 4.98 Å². The molecular formula is C41H37IrN3Se-2. The van der Waals surface area contributed by atoms with Gasteiger partial charge in [0.2, 0.25) is 0 Å². The Morgan fingerprint density at radius 3 is 2.17 bits per heavy atom. The summed E-state index contributed by atoms with van der Waals surface area (Å²) in [5.74, 6) is 0. The third kappa shape index (κ3) is 7.80. The summed E-state index contributed by atoms with van der Waals surface area (Å²) in [6, 6.07) is 36.4. The molecule has 0 amide bonds. The maximum atomic E-state index is 4.60. The van der Waals surface area contributed by atoms with Crippen molar-refractivity contribution in [3.8, 4) is 33.8 Å². The Balaban J connectivity index is 0.000000185. The minimum absolute atomic E-state index is 0. The molecule has 4 heterocycles. The molecule has 0 aliphatic carbocycles. The molecule has 0 N–H and O–H groups in total. The SMILES string of the molecule is Cc1cnc(-c2[c-]cc(C)c(-c3ccc(CC(C)(C)C)cc3)c2)cc1C.[Ir].[c-]1cccnc1-c1cc2[se]c3ccccc3c2cn1. The molecule has 0 atom stereocenters. The molecule has 3 nitrogen and oxygen atoms in total. The Hall–Kier alpha value is -3.72. The quantitative estimate of drug-likeness (QED) is 0.131. The van der Waals surface area contributed by atoms with E-state index in [1.54, 1.807) is 6.20 Å². The minimum atomic E-state index is 0. The number of aryl methyl sites for hydroxylation is 3. The first-order valence-electron chi connectivity index (χ1n) is 15.3. The van der Waals surface area contributed by atoms with Gasteiger partial charge in [0.15, 0.2) is 0 Å². The first kappa shape index (κ1) is 33.6. The van der Waals surface area contributed by atoms with Gasteiger partial charge in [0, 0.05) is 26.3 Å². The molecule has 233 valence electrons. The summed E-state index contributed by atoms with van der Waals surface area (Å²) in [7, 11) is 0. The van der Waals surface area contributed by atoms with E-state index in [0.29, 0.717) is 19.9 Å². The molecule has 0 saturated heterocycles. The van der Waals surface area contributed by atoms with Crippen molar-refractivity contribution < 1.29 is 20.1 Å². The van der Waals surface area contributed by atoms with Gasteiger partial charge in [0.25, 0.3) is 0 Å². The van der Waals surface area contributed by atoms with Crippen molar-refractivity contribution in [2.24, 2.45) is 5.41 Å². The monoisotopic (exact) mass is 844 g/mol. The van der Waals surface area contributed by atoms with Crippen LogP contribution in [0.4, 0.5) is 0 Å². The zero-order valence-electron chi connectivity index (χ0n) is 27.1. The van der Waals surface area contributed by atoms with Gasteiger partial charge in [-0.05, 0) is 48.1 Å². The molecule has 7 rings (SSSR count). The van der Waals surface area contributed by atoms with E-state index in [1.165, 1.54) is 52.7 Å². The first-order valence-corrected chi connectivity index (χ1v) is 17.0. The van der Waals surface area contributed by atoms with Crippen molar-refractivity contribution >= 4 is 33.8 Å². The molecule has 0 fully saturated rings. The van der Waals surface area contributed by atoms with Crippen LogP contribution < -0.4 is 0 Å². The van der Waals surface area contributed by atoms with Gasteiger partial charge >= 0.3 is 116 Å². The molecule has 0 saturated carbocycles. The molecule has 0 spiro atoms. The molecule has 0 aliphatic rings. The van der Waals surface area contributed by atoms with Crippen LogP contribution in [0.2, 0.25) is 0 Å². The van der Waals surface area contributed by atoms with Gasteiger partial charge in [0.05, 0.1) is 0 Å². The number of fused-ring (bicyclic) bond motifs is 3. The Labute approximate surface area is 292 Å². The van der Waals surface area contributed by atoms with E-state index in [-0.39, 0.29) is 20.1 Å². The van der Waals surface area contributed by atoms with E-state index in [0.717, 1.165) is 29.1 Å². The van der Waals surface area contributed by atoms with Gasteiger partial charge in [0.1, 0.15) is 0 Å². The van der Waals surface area contributed by atoms with Crippen molar-refractivity contribution in [2.75, 3.05) is 0 Å². The fourth-order valence-corrected chi connectivity index (χ4v) is 7.76. The average Bonchev–Trinajstić information content (AvgIpc) is 3.41. The zero-order chi connectivity index (χ0) is 31.6. The molecule has 7 aromatic rings. The van der Waals surface area contributed by atoms with Crippen LogP contribution in [0.5, 0.6) is 0 Å². The topological polar surface area (TPSA) is 38.7 Å². The van der Waals surface area contributed by atoms with Crippen LogP contribution in [0.1, 0.15) is 43.0 Å². The molecule has 46 heavy (non-hydrogen) atoms. The Bertz CT molecular complexity index is 2090. The summed E-state index contributed by atoms with van der Waals surface area (Å²) < 4.78 is 2.83. The number of hydrogen-bond acceptors (Lipinski definition) is 3. The number of pyridine rings is 3. The second-order valence-electron chi connectivity index (χ2n) is 12.8. The van der Waals surface area contributed by atoms with Crippen LogP contribution >= 0.6 is 0 Å². The summed E-state index contributed by atoms with van der Waals surface area (Å²) >= 11 is 0.373. The Morgan fingerprint density at radius 2 is 1.46 bits per heavy atom. The fraction of sp³-hybridized carbons (Fsp3) is 0.195. The number of aromatic nitrogens is 3. The zero-order valence-corrected chi connectivity index (χ0v) is 31.2. The summed E-state index contributed by atoms with van der Waals surface area (Å²) in [6.07, 6.45) is 6.79. The molecule has 3 aromatic carbocycles. The van der Waals surface area contributed by atoms with Crippen molar-refractivity contribution in [1.29, 1.82) is 0 Å². The van der Waals surface area contributed by atoms with Gasteiger partial charge in [-0.2, -0.15) is 0 Å². The van der Waals surface area contributed by atoms with Crippen LogP contribution in [-0.2, 0) is 26.5 Å². The van der Waals surface area contributed by atoms with Crippen molar-refractivity contribution in [3.05, 3.63) is 138 Å².